The lowest BCUT2D eigenvalue weighted by Gasteiger charge is -2.30. The van der Waals surface area contributed by atoms with Gasteiger partial charge in [-0.25, -0.2) is 9.59 Å². The van der Waals surface area contributed by atoms with E-state index in [1.165, 1.54) is 37.4 Å². The molecule has 1 saturated carbocycles. The molecule has 238 valence electrons. The molecule has 1 aliphatic heterocycles. The first-order valence-electron chi connectivity index (χ1n) is 14.9. The molecule has 1 heterocycles. The number of alkyl carbamates (subject to hydrolysis) is 1. The highest BCUT2D eigenvalue weighted by Crippen LogP contribution is 2.43. The number of ether oxygens (including phenoxy) is 2. The van der Waals surface area contributed by atoms with Crippen LogP contribution in [0.1, 0.15) is 68.6 Å². The van der Waals surface area contributed by atoms with Crippen molar-refractivity contribution >= 4 is 35.5 Å². The second-order valence-electron chi connectivity index (χ2n) is 11.4. The van der Waals surface area contributed by atoms with E-state index in [-0.39, 0.29) is 35.3 Å². The molecule has 0 bridgehead atoms. The normalized spacial score (nSPS) is 19.3. The van der Waals surface area contributed by atoms with E-state index in [1.807, 2.05) is 0 Å². The monoisotopic (exact) mass is 633 g/mol. The zero-order valence-electron chi connectivity index (χ0n) is 24.5. The minimum atomic E-state index is -3.68. The summed E-state index contributed by atoms with van der Waals surface area (Å²) in [4.78, 5) is 51.6. The van der Waals surface area contributed by atoms with Gasteiger partial charge in [-0.15, -0.1) is 0 Å². The van der Waals surface area contributed by atoms with Gasteiger partial charge in [-0.3, -0.25) is 9.59 Å². The minimum Gasteiger partial charge on any atom is -0.467 e. The number of alkyl halides is 2. The summed E-state index contributed by atoms with van der Waals surface area (Å²) >= 11 is 5.99. The molecule has 44 heavy (non-hydrogen) atoms. The van der Waals surface area contributed by atoms with E-state index in [4.69, 9.17) is 21.1 Å². The Bertz CT molecular complexity index is 1310. The van der Waals surface area contributed by atoms with Crippen LogP contribution in [-0.4, -0.2) is 49.6 Å². The van der Waals surface area contributed by atoms with Gasteiger partial charge in [-0.05, 0) is 42.9 Å². The van der Waals surface area contributed by atoms with Gasteiger partial charge in [0.15, 0.2) is 6.10 Å². The number of hydrogen-bond donors (Lipinski definition) is 3. The van der Waals surface area contributed by atoms with Gasteiger partial charge in [0.2, 0.25) is 11.8 Å². The van der Waals surface area contributed by atoms with E-state index in [0.29, 0.717) is 13.0 Å². The third-order valence-corrected chi connectivity index (χ3v) is 8.49. The molecule has 2 aromatic carbocycles. The smallest absolute Gasteiger partial charge is 0.408 e. The van der Waals surface area contributed by atoms with Crippen LogP contribution in [0.25, 0.3) is 0 Å². The fourth-order valence-electron chi connectivity index (χ4n) is 5.88. The molecule has 1 saturated heterocycles. The van der Waals surface area contributed by atoms with Crippen LogP contribution >= 0.6 is 11.6 Å². The van der Waals surface area contributed by atoms with Gasteiger partial charge in [0.25, 0.3) is 0 Å². The van der Waals surface area contributed by atoms with Crippen molar-refractivity contribution in [3.8, 4) is 0 Å². The summed E-state index contributed by atoms with van der Waals surface area (Å²) in [6.07, 6.45) is 2.15. The number of benzene rings is 2. The third-order valence-electron chi connectivity index (χ3n) is 8.25. The number of carbonyl (C=O) groups excluding carboxylic acids is 4. The van der Waals surface area contributed by atoms with Crippen molar-refractivity contribution in [1.29, 1.82) is 0 Å². The molecule has 3 N–H and O–H groups in total. The summed E-state index contributed by atoms with van der Waals surface area (Å²) in [7, 11) is 1.18. The molecule has 2 aromatic rings. The summed E-state index contributed by atoms with van der Waals surface area (Å²) in [5.74, 6) is -5.73. The lowest BCUT2D eigenvalue weighted by atomic mass is 9.84. The summed E-state index contributed by atoms with van der Waals surface area (Å²) in [5.41, 5.74) is -0.401. The van der Waals surface area contributed by atoms with Crippen LogP contribution in [0.2, 0.25) is 5.02 Å². The Hall–Kier alpha value is -3.73. The highest BCUT2D eigenvalue weighted by atomic mass is 35.5. The maximum Gasteiger partial charge on any atom is 0.408 e. The van der Waals surface area contributed by atoms with E-state index >= 15 is 8.78 Å². The van der Waals surface area contributed by atoms with Gasteiger partial charge < -0.3 is 25.4 Å². The van der Waals surface area contributed by atoms with Crippen LogP contribution in [0.4, 0.5) is 13.6 Å². The number of carbonyl (C=O) groups is 4. The van der Waals surface area contributed by atoms with Gasteiger partial charge >= 0.3 is 18.0 Å². The van der Waals surface area contributed by atoms with Crippen molar-refractivity contribution in [2.45, 2.75) is 75.5 Å². The Labute approximate surface area is 260 Å². The second-order valence-corrected chi connectivity index (χ2v) is 11.8. The molecule has 1 aliphatic carbocycles. The van der Waals surface area contributed by atoms with E-state index in [2.05, 4.69) is 16.0 Å². The molecule has 2 aliphatic rings. The van der Waals surface area contributed by atoms with Crippen LogP contribution in [0.5, 0.6) is 0 Å². The predicted molar refractivity (Wildman–Crippen MR) is 159 cm³/mol. The SMILES string of the molecule is COC(=O)[C@H](C[C@@H]1CCNC1=O)NC(=O)[C@H](CC1CCCCC1)NC(=O)O[C@@H](c1ccccc1)C(F)(F)c1cccc(Cl)c1. The molecule has 9 nitrogen and oxygen atoms in total. The van der Waals surface area contributed by atoms with Crippen LogP contribution in [-0.2, 0) is 29.8 Å². The molecule has 4 rings (SSSR count). The Morgan fingerprint density at radius 2 is 1.70 bits per heavy atom. The number of nitrogens with one attached hydrogen (secondary N) is 3. The molecule has 4 atom stereocenters. The Morgan fingerprint density at radius 3 is 2.34 bits per heavy atom. The molecular weight excluding hydrogens is 596 g/mol. The highest BCUT2D eigenvalue weighted by Gasteiger charge is 2.46. The summed E-state index contributed by atoms with van der Waals surface area (Å²) < 4.78 is 42.1. The largest absolute Gasteiger partial charge is 0.467 e. The van der Waals surface area contributed by atoms with Gasteiger partial charge in [0.05, 0.1) is 7.11 Å². The molecule has 0 unspecified atom stereocenters. The zero-order valence-corrected chi connectivity index (χ0v) is 25.3. The van der Waals surface area contributed by atoms with Crippen LogP contribution in [0, 0.1) is 11.8 Å². The number of halogens is 3. The van der Waals surface area contributed by atoms with Crippen molar-refractivity contribution in [1.82, 2.24) is 16.0 Å². The number of esters is 1. The molecular formula is C32H38ClF2N3O6. The molecule has 0 aromatic heterocycles. The summed E-state index contributed by atoms with van der Waals surface area (Å²) in [6, 6.07) is 10.4. The average Bonchev–Trinajstić information content (AvgIpc) is 3.43. The van der Waals surface area contributed by atoms with Crippen LogP contribution in [0.15, 0.2) is 54.6 Å². The Balaban J connectivity index is 1.55. The number of hydrogen-bond acceptors (Lipinski definition) is 6. The summed E-state index contributed by atoms with van der Waals surface area (Å²) in [5, 5.41) is 7.93. The second kappa shape index (κ2) is 15.3. The standard InChI is InChI=1S/C32H38ClF2N3O6/c1-43-30(41)26(18-22-15-16-36-28(22)39)37-29(40)25(17-20-9-4-2-5-10-20)38-31(42)44-27(21-11-6-3-7-12-21)32(34,35)23-13-8-14-24(33)19-23/h3,6-8,11-14,19-20,22,25-27H,2,4-5,9-10,15-18H2,1H3,(H,36,39)(H,37,40)(H,38,42)/t22-,25-,26-,27-/m0/s1. The van der Waals surface area contributed by atoms with Gasteiger partial charge in [-0.1, -0.05) is 86.2 Å². The van der Waals surface area contributed by atoms with E-state index in [9.17, 15) is 19.2 Å². The minimum absolute atomic E-state index is 0.0206. The zero-order chi connectivity index (χ0) is 31.7. The molecule has 0 radical (unpaired) electrons. The van der Waals surface area contributed by atoms with Crippen molar-refractivity contribution in [2.75, 3.05) is 13.7 Å². The first-order valence-corrected chi connectivity index (χ1v) is 15.3. The quantitative estimate of drug-likeness (QED) is 0.268. The van der Waals surface area contributed by atoms with Crippen molar-refractivity contribution in [3.05, 3.63) is 70.7 Å². The number of methoxy groups -OCH3 is 1. The topological polar surface area (TPSA) is 123 Å². The maximum absolute atomic E-state index is 15.9. The van der Waals surface area contributed by atoms with Crippen LogP contribution < -0.4 is 16.0 Å². The lowest BCUT2D eigenvalue weighted by molar-refractivity contribution is -0.146. The fraction of sp³-hybridized carbons (Fsp3) is 0.500. The van der Waals surface area contributed by atoms with E-state index < -0.39 is 53.6 Å². The lowest BCUT2D eigenvalue weighted by Crippen LogP contribution is -2.53. The predicted octanol–water partition coefficient (Wildman–Crippen LogP) is 5.42. The Kier molecular flexibility index (Phi) is 11.5. The Morgan fingerprint density at radius 1 is 0.977 bits per heavy atom. The number of rotatable bonds is 12. The van der Waals surface area contributed by atoms with Gasteiger partial charge in [0.1, 0.15) is 12.1 Å². The van der Waals surface area contributed by atoms with Gasteiger partial charge in [-0.2, -0.15) is 8.78 Å². The van der Waals surface area contributed by atoms with Gasteiger partial charge in [0, 0.05) is 23.0 Å². The molecule has 2 fully saturated rings. The van der Waals surface area contributed by atoms with Crippen molar-refractivity contribution in [3.63, 3.8) is 0 Å². The maximum atomic E-state index is 15.9. The van der Waals surface area contributed by atoms with E-state index in [1.54, 1.807) is 18.2 Å². The highest BCUT2D eigenvalue weighted by molar-refractivity contribution is 6.30. The average molecular weight is 634 g/mol. The number of amides is 3. The summed E-state index contributed by atoms with van der Waals surface area (Å²) in [6.45, 7) is 0.464. The first kappa shape index (κ1) is 33.2. The molecule has 3 amide bonds. The first-order chi connectivity index (χ1) is 21.1. The molecule has 12 heteroatoms. The van der Waals surface area contributed by atoms with Crippen LogP contribution in [0.3, 0.4) is 0 Å². The molecule has 0 spiro atoms. The third kappa shape index (κ3) is 8.68. The van der Waals surface area contributed by atoms with E-state index in [0.717, 1.165) is 38.2 Å². The van der Waals surface area contributed by atoms with Crippen molar-refractivity contribution < 1.29 is 37.4 Å². The fourth-order valence-corrected chi connectivity index (χ4v) is 6.07. The van der Waals surface area contributed by atoms with Crippen molar-refractivity contribution in [2.24, 2.45) is 11.8 Å².